The number of thiophene rings is 1. The standard InChI is InChI=1S/C18H20N4OS/c1-18(14-9-13(10-24-14)11-5-7-20-8-6-11)15(12-3-4-12)16(23)22(2)17(19)21-18/h5-10,12,15H,3-4H2,1-2H3,(H2,19,21)/t15-,18-/m1/s1. The predicted octanol–water partition coefficient (Wildman–Crippen LogP) is 3.05. The Morgan fingerprint density at radius 3 is 2.71 bits per heavy atom. The predicted molar refractivity (Wildman–Crippen MR) is 94.7 cm³/mol. The summed E-state index contributed by atoms with van der Waals surface area (Å²) in [4.78, 5) is 19.4. The molecule has 1 saturated heterocycles. The van der Waals surface area contributed by atoms with Gasteiger partial charge in [-0.3, -0.25) is 20.1 Å². The molecule has 1 amide bonds. The topological polar surface area (TPSA) is 69.1 Å². The van der Waals surface area contributed by atoms with Crippen LogP contribution >= 0.6 is 11.3 Å². The summed E-state index contributed by atoms with van der Waals surface area (Å²) in [5.41, 5.74) is 1.74. The van der Waals surface area contributed by atoms with Crippen LogP contribution in [0.2, 0.25) is 0 Å². The zero-order chi connectivity index (χ0) is 16.9. The lowest BCUT2D eigenvalue weighted by molar-refractivity contribution is -0.136. The van der Waals surface area contributed by atoms with Crippen molar-refractivity contribution in [2.75, 3.05) is 7.05 Å². The first-order chi connectivity index (χ1) is 11.5. The van der Waals surface area contributed by atoms with Crippen LogP contribution < -0.4 is 5.32 Å². The number of nitrogens with zero attached hydrogens (tertiary/aromatic N) is 2. The van der Waals surface area contributed by atoms with Crippen molar-refractivity contribution in [3.8, 4) is 11.1 Å². The maximum Gasteiger partial charge on any atom is 0.235 e. The molecule has 0 unspecified atom stereocenters. The highest BCUT2D eigenvalue weighted by atomic mass is 32.1. The van der Waals surface area contributed by atoms with Crippen LogP contribution in [0.15, 0.2) is 36.0 Å². The third kappa shape index (κ3) is 2.33. The number of hydrogen-bond acceptors (Lipinski definition) is 4. The van der Waals surface area contributed by atoms with Gasteiger partial charge in [0, 0.05) is 24.3 Å². The molecular formula is C18H20N4OS. The van der Waals surface area contributed by atoms with Gasteiger partial charge in [-0.1, -0.05) is 0 Å². The molecule has 124 valence electrons. The van der Waals surface area contributed by atoms with E-state index in [1.165, 1.54) is 4.90 Å². The second kappa shape index (κ2) is 5.41. The van der Waals surface area contributed by atoms with Crippen LogP contribution in [0.4, 0.5) is 0 Å². The summed E-state index contributed by atoms with van der Waals surface area (Å²) in [5.74, 6) is 0.540. The van der Waals surface area contributed by atoms with E-state index in [0.717, 1.165) is 28.8 Å². The lowest BCUT2D eigenvalue weighted by atomic mass is 9.78. The van der Waals surface area contributed by atoms with Gasteiger partial charge < -0.3 is 5.32 Å². The van der Waals surface area contributed by atoms with Crippen molar-refractivity contribution < 1.29 is 4.79 Å². The molecule has 2 N–H and O–H groups in total. The number of carbonyl (C=O) groups excluding carboxylic acids is 1. The van der Waals surface area contributed by atoms with Crippen LogP contribution in [0.1, 0.15) is 24.6 Å². The summed E-state index contributed by atoms with van der Waals surface area (Å²) in [6.45, 7) is 2.07. The lowest BCUT2D eigenvalue weighted by Crippen LogP contribution is -2.64. The number of rotatable bonds is 3. The van der Waals surface area contributed by atoms with Crippen molar-refractivity contribution in [1.82, 2.24) is 15.2 Å². The average Bonchev–Trinajstić information content (AvgIpc) is 3.27. The fraction of sp³-hybridized carbons (Fsp3) is 0.389. The quantitative estimate of drug-likeness (QED) is 0.902. The first-order valence-electron chi connectivity index (χ1n) is 8.14. The van der Waals surface area contributed by atoms with Gasteiger partial charge in [0.15, 0.2) is 5.96 Å². The smallest absolute Gasteiger partial charge is 0.235 e. The Hall–Kier alpha value is -2.21. The fourth-order valence-electron chi connectivity index (χ4n) is 3.60. The Balaban J connectivity index is 1.74. The Bertz CT molecular complexity index is 798. The summed E-state index contributed by atoms with van der Waals surface area (Å²) in [5, 5.41) is 13.6. The molecule has 1 aliphatic heterocycles. The molecule has 4 rings (SSSR count). The maximum absolute atomic E-state index is 12.8. The van der Waals surface area contributed by atoms with E-state index in [1.807, 2.05) is 12.1 Å². The molecule has 24 heavy (non-hydrogen) atoms. The van der Waals surface area contributed by atoms with E-state index < -0.39 is 5.54 Å². The van der Waals surface area contributed by atoms with E-state index in [4.69, 9.17) is 5.41 Å². The van der Waals surface area contributed by atoms with Crippen LogP contribution in [0.3, 0.4) is 0 Å². The molecule has 6 heteroatoms. The van der Waals surface area contributed by atoms with Gasteiger partial charge in [0.25, 0.3) is 0 Å². The molecule has 5 nitrogen and oxygen atoms in total. The number of aromatic nitrogens is 1. The van der Waals surface area contributed by atoms with Gasteiger partial charge in [-0.05, 0) is 60.4 Å². The van der Waals surface area contributed by atoms with Crippen LogP contribution in [0.25, 0.3) is 11.1 Å². The number of pyridine rings is 1. The molecular weight excluding hydrogens is 320 g/mol. The first-order valence-corrected chi connectivity index (χ1v) is 9.02. The van der Waals surface area contributed by atoms with Crippen molar-refractivity contribution in [2.45, 2.75) is 25.3 Å². The zero-order valence-electron chi connectivity index (χ0n) is 13.7. The third-order valence-corrected chi connectivity index (χ3v) is 6.32. The second-order valence-corrected chi connectivity index (χ2v) is 7.74. The highest BCUT2D eigenvalue weighted by molar-refractivity contribution is 7.10. The van der Waals surface area contributed by atoms with Gasteiger partial charge in [-0.15, -0.1) is 11.3 Å². The van der Waals surface area contributed by atoms with Crippen molar-refractivity contribution in [2.24, 2.45) is 11.8 Å². The summed E-state index contributed by atoms with van der Waals surface area (Å²) >= 11 is 1.65. The molecule has 2 aromatic heterocycles. The number of carbonyl (C=O) groups is 1. The number of guanidine groups is 1. The molecule has 2 aromatic rings. The molecule has 1 saturated carbocycles. The highest BCUT2D eigenvalue weighted by Crippen LogP contribution is 2.49. The van der Waals surface area contributed by atoms with Gasteiger partial charge in [-0.25, -0.2) is 0 Å². The van der Waals surface area contributed by atoms with Gasteiger partial charge in [-0.2, -0.15) is 0 Å². The molecule has 3 heterocycles. The van der Waals surface area contributed by atoms with Gasteiger partial charge >= 0.3 is 0 Å². The number of nitrogens with one attached hydrogen (secondary N) is 2. The van der Waals surface area contributed by atoms with Crippen molar-refractivity contribution in [3.05, 3.63) is 40.8 Å². The van der Waals surface area contributed by atoms with Gasteiger partial charge in [0.1, 0.15) is 0 Å². The number of hydrogen-bond donors (Lipinski definition) is 2. The Morgan fingerprint density at radius 2 is 2.04 bits per heavy atom. The molecule has 2 fully saturated rings. The van der Waals surface area contributed by atoms with Crippen LogP contribution in [0.5, 0.6) is 0 Å². The highest BCUT2D eigenvalue weighted by Gasteiger charge is 2.54. The summed E-state index contributed by atoms with van der Waals surface area (Å²) in [6.07, 6.45) is 5.76. The number of amides is 1. The minimum absolute atomic E-state index is 0.0580. The van der Waals surface area contributed by atoms with Crippen LogP contribution in [-0.2, 0) is 10.3 Å². The molecule has 0 radical (unpaired) electrons. The van der Waals surface area contributed by atoms with E-state index in [9.17, 15) is 4.79 Å². The Kier molecular flexibility index (Phi) is 3.46. The van der Waals surface area contributed by atoms with E-state index in [0.29, 0.717) is 5.92 Å². The van der Waals surface area contributed by atoms with Gasteiger partial charge in [0.2, 0.25) is 5.91 Å². The monoisotopic (exact) mass is 340 g/mol. The second-order valence-electron chi connectivity index (χ2n) is 6.82. The molecule has 2 atom stereocenters. The Morgan fingerprint density at radius 1 is 1.33 bits per heavy atom. The average molecular weight is 340 g/mol. The molecule has 0 bridgehead atoms. The van der Waals surface area contributed by atoms with E-state index in [1.54, 1.807) is 30.8 Å². The first kappa shape index (κ1) is 15.3. The molecule has 2 aliphatic rings. The lowest BCUT2D eigenvalue weighted by Gasteiger charge is -2.45. The van der Waals surface area contributed by atoms with E-state index >= 15 is 0 Å². The van der Waals surface area contributed by atoms with Gasteiger partial charge in [0.05, 0.1) is 11.5 Å². The maximum atomic E-state index is 12.8. The molecule has 1 aliphatic carbocycles. The summed E-state index contributed by atoms with van der Waals surface area (Å²) in [6, 6.07) is 6.12. The third-order valence-electron chi connectivity index (χ3n) is 5.15. The SMILES string of the molecule is CN1C(=N)N[C@](C)(c2cc(-c3ccncc3)cs2)[C@H](C2CC2)C1=O. The minimum Gasteiger partial charge on any atom is -0.345 e. The van der Waals surface area contributed by atoms with Crippen molar-refractivity contribution in [1.29, 1.82) is 5.41 Å². The van der Waals surface area contributed by atoms with Crippen molar-refractivity contribution in [3.63, 3.8) is 0 Å². The van der Waals surface area contributed by atoms with E-state index in [-0.39, 0.29) is 17.8 Å². The van der Waals surface area contributed by atoms with Crippen LogP contribution in [0, 0.1) is 17.2 Å². The van der Waals surface area contributed by atoms with E-state index in [2.05, 4.69) is 28.7 Å². The van der Waals surface area contributed by atoms with Crippen molar-refractivity contribution >= 4 is 23.2 Å². The summed E-state index contributed by atoms with van der Waals surface area (Å²) in [7, 11) is 1.68. The normalized spacial score (nSPS) is 27.2. The minimum atomic E-state index is -0.516. The fourth-order valence-corrected chi connectivity index (χ4v) is 4.67. The van der Waals surface area contributed by atoms with Crippen LogP contribution in [-0.4, -0.2) is 28.8 Å². The molecule has 0 aromatic carbocycles. The summed E-state index contributed by atoms with van der Waals surface area (Å²) < 4.78 is 0. The molecule has 0 spiro atoms. The Labute approximate surface area is 145 Å². The zero-order valence-corrected chi connectivity index (χ0v) is 14.6. The largest absolute Gasteiger partial charge is 0.345 e.